The maximum Gasteiger partial charge on any atom is 0.221 e. The summed E-state index contributed by atoms with van der Waals surface area (Å²) in [5.41, 5.74) is 2.33. The van der Waals surface area contributed by atoms with E-state index in [4.69, 9.17) is 14.4 Å². The molecule has 2 rings (SSSR count). The van der Waals surface area contributed by atoms with E-state index in [2.05, 4.69) is 10.3 Å². The van der Waals surface area contributed by atoms with Crippen molar-refractivity contribution in [2.24, 2.45) is 7.05 Å². The predicted octanol–water partition coefficient (Wildman–Crippen LogP) is 0.927. The van der Waals surface area contributed by atoms with Crippen molar-refractivity contribution in [2.75, 3.05) is 13.7 Å². The Hall–Kier alpha value is -1.82. The molecular weight excluding hydrogens is 222 g/mol. The molecule has 17 heavy (non-hydrogen) atoms. The first-order chi connectivity index (χ1) is 8.17. The summed E-state index contributed by atoms with van der Waals surface area (Å²) in [6, 6.07) is 1.79. The van der Waals surface area contributed by atoms with Crippen LogP contribution in [0, 0.1) is 6.92 Å². The second kappa shape index (κ2) is 4.58. The molecule has 0 fully saturated rings. The van der Waals surface area contributed by atoms with Gasteiger partial charge in [0.25, 0.3) is 0 Å². The van der Waals surface area contributed by atoms with Crippen molar-refractivity contribution in [2.45, 2.75) is 13.3 Å². The van der Waals surface area contributed by atoms with E-state index in [9.17, 15) is 0 Å². The highest BCUT2D eigenvalue weighted by Gasteiger charge is 2.19. The van der Waals surface area contributed by atoms with Gasteiger partial charge in [-0.05, 0) is 6.92 Å². The molecule has 1 N–H and O–H groups in total. The minimum Gasteiger partial charge on any atom is -0.481 e. The standard InChI is InChI=1S/C11H15N3O3/c1-7-10(11(16-3)14(2)12-7)9-6-8(4-5-15)17-13-9/h6,15H,4-5H2,1-3H3. The molecule has 0 aliphatic heterocycles. The Morgan fingerprint density at radius 3 is 2.94 bits per heavy atom. The molecule has 0 spiro atoms. The molecule has 0 radical (unpaired) electrons. The molecule has 0 saturated heterocycles. The second-order valence-corrected chi connectivity index (χ2v) is 3.75. The summed E-state index contributed by atoms with van der Waals surface area (Å²) in [6.07, 6.45) is 0.453. The van der Waals surface area contributed by atoms with Crippen molar-refractivity contribution in [1.82, 2.24) is 14.9 Å². The normalized spacial score (nSPS) is 10.8. The lowest BCUT2D eigenvalue weighted by atomic mass is 10.1. The van der Waals surface area contributed by atoms with Crippen LogP contribution >= 0.6 is 0 Å². The van der Waals surface area contributed by atoms with Crippen LogP contribution in [-0.4, -0.2) is 33.8 Å². The molecule has 0 aliphatic rings. The molecule has 6 nitrogen and oxygen atoms in total. The summed E-state index contributed by atoms with van der Waals surface area (Å²) in [5, 5.41) is 17.1. The minimum absolute atomic E-state index is 0.0395. The topological polar surface area (TPSA) is 73.3 Å². The van der Waals surface area contributed by atoms with E-state index in [-0.39, 0.29) is 6.61 Å². The molecule has 2 heterocycles. The summed E-state index contributed by atoms with van der Waals surface area (Å²) in [5.74, 6) is 1.29. The van der Waals surface area contributed by atoms with Gasteiger partial charge >= 0.3 is 0 Å². The molecule has 0 aliphatic carbocycles. The lowest BCUT2D eigenvalue weighted by molar-refractivity contribution is 0.277. The van der Waals surface area contributed by atoms with E-state index in [1.54, 1.807) is 17.9 Å². The van der Waals surface area contributed by atoms with Gasteiger partial charge < -0.3 is 14.4 Å². The van der Waals surface area contributed by atoms with Crippen LogP contribution in [-0.2, 0) is 13.5 Å². The first-order valence-corrected chi connectivity index (χ1v) is 5.31. The smallest absolute Gasteiger partial charge is 0.221 e. The van der Waals surface area contributed by atoms with Crippen LogP contribution in [0.1, 0.15) is 11.5 Å². The highest BCUT2D eigenvalue weighted by molar-refractivity contribution is 5.67. The number of aliphatic hydroxyl groups is 1. The zero-order valence-electron chi connectivity index (χ0n) is 10.1. The summed E-state index contributed by atoms with van der Waals surface area (Å²) < 4.78 is 12.1. The Kier molecular flexibility index (Phi) is 3.14. The average Bonchev–Trinajstić information content (AvgIpc) is 2.83. The number of aliphatic hydroxyl groups excluding tert-OH is 1. The van der Waals surface area contributed by atoms with Crippen molar-refractivity contribution < 1.29 is 14.4 Å². The zero-order chi connectivity index (χ0) is 12.4. The minimum atomic E-state index is 0.0395. The molecule has 0 atom stereocenters. The number of ether oxygens (including phenoxy) is 1. The largest absolute Gasteiger partial charge is 0.481 e. The van der Waals surface area contributed by atoms with Gasteiger partial charge in [-0.15, -0.1) is 0 Å². The Morgan fingerprint density at radius 2 is 2.29 bits per heavy atom. The van der Waals surface area contributed by atoms with Crippen LogP contribution in [0.15, 0.2) is 10.6 Å². The van der Waals surface area contributed by atoms with Gasteiger partial charge in [-0.1, -0.05) is 5.16 Å². The fourth-order valence-corrected chi connectivity index (χ4v) is 1.82. The fraction of sp³-hybridized carbons (Fsp3) is 0.455. The van der Waals surface area contributed by atoms with Gasteiger partial charge in [0.2, 0.25) is 5.88 Å². The Labute approximate surface area is 98.8 Å². The van der Waals surface area contributed by atoms with Crippen LogP contribution in [0.5, 0.6) is 5.88 Å². The van der Waals surface area contributed by atoms with Gasteiger partial charge in [0.15, 0.2) is 0 Å². The molecule has 2 aromatic heterocycles. The monoisotopic (exact) mass is 237 g/mol. The van der Waals surface area contributed by atoms with Crippen LogP contribution in [0.2, 0.25) is 0 Å². The van der Waals surface area contributed by atoms with Crippen LogP contribution < -0.4 is 4.74 Å². The maximum absolute atomic E-state index is 8.83. The van der Waals surface area contributed by atoms with Gasteiger partial charge in [0.05, 0.1) is 25.0 Å². The molecule has 0 saturated carbocycles. The number of methoxy groups -OCH3 is 1. The highest BCUT2D eigenvalue weighted by atomic mass is 16.5. The van der Waals surface area contributed by atoms with E-state index in [0.717, 1.165) is 11.3 Å². The third-order valence-electron chi connectivity index (χ3n) is 2.54. The van der Waals surface area contributed by atoms with Crippen LogP contribution in [0.3, 0.4) is 0 Å². The molecular formula is C11H15N3O3. The van der Waals surface area contributed by atoms with Crippen LogP contribution in [0.25, 0.3) is 11.3 Å². The van der Waals surface area contributed by atoms with E-state index < -0.39 is 0 Å². The Morgan fingerprint density at radius 1 is 1.53 bits per heavy atom. The lowest BCUT2D eigenvalue weighted by Gasteiger charge is -2.01. The van der Waals surface area contributed by atoms with Gasteiger partial charge in [-0.25, -0.2) is 4.68 Å². The summed E-state index contributed by atoms with van der Waals surface area (Å²) >= 11 is 0. The van der Waals surface area contributed by atoms with Gasteiger partial charge in [-0.2, -0.15) is 5.10 Å². The van der Waals surface area contributed by atoms with E-state index in [1.165, 1.54) is 0 Å². The van der Waals surface area contributed by atoms with E-state index in [0.29, 0.717) is 23.8 Å². The van der Waals surface area contributed by atoms with E-state index >= 15 is 0 Å². The highest BCUT2D eigenvalue weighted by Crippen LogP contribution is 2.32. The van der Waals surface area contributed by atoms with Gasteiger partial charge in [0.1, 0.15) is 11.5 Å². The number of aromatic nitrogens is 3. The molecule has 0 aromatic carbocycles. The molecule has 2 aromatic rings. The SMILES string of the molecule is COc1c(-c2cc(CCO)on2)c(C)nn1C. The van der Waals surface area contributed by atoms with Crippen molar-refractivity contribution in [3.05, 3.63) is 17.5 Å². The average molecular weight is 237 g/mol. The van der Waals surface area contributed by atoms with Crippen molar-refractivity contribution in [1.29, 1.82) is 0 Å². The zero-order valence-corrected chi connectivity index (χ0v) is 10.1. The number of hydrogen-bond acceptors (Lipinski definition) is 5. The Balaban J connectivity index is 2.44. The van der Waals surface area contributed by atoms with E-state index in [1.807, 2.05) is 14.0 Å². The van der Waals surface area contributed by atoms with Crippen molar-refractivity contribution >= 4 is 0 Å². The summed E-state index contributed by atoms with van der Waals surface area (Å²) in [7, 11) is 3.40. The fourth-order valence-electron chi connectivity index (χ4n) is 1.82. The third-order valence-corrected chi connectivity index (χ3v) is 2.54. The Bertz CT molecular complexity index is 516. The number of rotatable bonds is 4. The predicted molar refractivity (Wildman–Crippen MR) is 60.8 cm³/mol. The maximum atomic E-state index is 8.83. The lowest BCUT2D eigenvalue weighted by Crippen LogP contribution is -1.95. The molecule has 0 bridgehead atoms. The third kappa shape index (κ3) is 2.03. The van der Waals surface area contributed by atoms with Crippen molar-refractivity contribution in [3.8, 4) is 17.1 Å². The quantitative estimate of drug-likeness (QED) is 0.856. The summed E-state index contributed by atoms with van der Waals surface area (Å²) in [4.78, 5) is 0. The second-order valence-electron chi connectivity index (χ2n) is 3.75. The first kappa shape index (κ1) is 11.7. The van der Waals surface area contributed by atoms with Crippen LogP contribution in [0.4, 0.5) is 0 Å². The van der Waals surface area contributed by atoms with Crippen molar-refractivity contribution in [3.63, 3.8) is 0 Å². The van der Waals surface area contributed by atoms with Gasteiger partial charge in [-0.3, -0.25) is 0 Å². The molecule has 0 amide bonds. The summed E-state index contributed by atoms with van der Waals surface area (Å²) in [6.45, 7) is 1.93. The number of nitrogens with zero attached hydrogens (tertiary/aromatic N) is 3. The number of aryl methyl sites for hydroxylation is 2. The molecule has 0 unspecified atom stereocenters. The number of hydrogen-bond donors (Lipinski definition) is 1. The van der Waals surface area contributed by atoms with Gasteiger partial charge in [0, 0.05) is 19.5 Å². The molecule has 92 valence electrons. The first-order valence-electron chi connectivity index (χ1n) is 5.31. The molecule has 6 heteroatoms.